The Balaban J connectivity index is 1.99. The van der Waals surface area contributed by atoms with Crippen LogP contribution >= 0.6 is 11.8 Å². The molecule has 0 bridgehead atoms. The number of hydrogen-bond acceptors (Lipinski definition) is 7. The summed E-state index contributed by atoms with van der Waals surface area (Å²) in [6.45, 7) is 0.0235. The second kappa shape index (κ2) is 15.4. The minimum atomic E-state index is -1.18. The van der Waals surface area contributed by atoms with Gasteiger partial charge < -0.3 is 25.2 Å². The number of thioether (sulfide) groups is 1. The molecule has 2 rings (SSSR count). The fourth-order valence-electron chi connectivity index (χ4n) is 3.03. The highest BCUT2D eigenvalue weighted by atomic mass is 32.2. The Hall–Kier alpha value is -3.53. The summed E-state index contributed by atoms with van der Waals surface area (Å²) in [4.78, 5) is 48.9. The quantitative estimate of drug-likeness (QED) is 0.336. The lowest BCUT2D eigenvalue weighted by atomic mass is 10.1. The average Bonchev–Trinajstić information content (AvgIpc) is 2.87. The van der Waals surface area contributed by atoms with Gasteiger partial charge in [-0.3, -0.25) is 9.59 Å². The molecular formula is C25H30N2O7S. The number of alkyl carbamates (subject to hydrolysis) is 1. The van der Waals surface area contributed by atoms with Crippen LogP contribution in [0.5, 0.6) is 0 Å². The van der Waals surface area contributed by atoms with Crippen molar-refractivity contribution >= 4 is 35.7 Å². The van der Waals surface area contributed by atoms with Gasteiger partial charge in [-0.2, -0.15) is 11.8 Å². The summed E-state index contributed by atoms with van der Waals surface area (Å²) in [5.74, 6) is -1.92. The smallest absolute Gasteiger partial charge is 0.408 e. The molecular weight excluding hydrogens is 472 g/mol. The van der Waals surface area contributed by atoms with Crippen molar-refractivity contribution in [3.8, 4) is 0 Å². The van der Waals surface area contributed by atoms with Crippen LogP contribution in [-0.2, 0) is 37.1 Å². The molecule has 2 aromatic rings. The van der Waals surface area contributed by atoms with Crippen LogP contribution in [0.15, 0.2) is 60.7 Å². The van der Waals surface area contributed by atoms with Crippen molar-refractivity contribution in [2.45, 2.75) is 44.6 Å². The first-order chi connectivity index (χ1) is 16.9. The van der Waals surface area contributed by atoms with Crippen LogP contribution in [0.25, 0.3) is 0 Å². The molecule has 10 heteroatoms. The highest BCUT2D eigenvalue weighted by Crippen LogP contribution is 2.08. The van der Waals surface area contributed by atoms with Gasteiger partial charge in [0.2, 0.25) is 5.91 Å². The van der Waals surface area contributed by atoms with Gasteiger partial charge in [-0.25, -0.2) is 9.59 Å². The monoisotopic (exact) mass is 502 g/mol. The third-order valence-corrected chi connectivity index (χ3v) is 5.55. The van der Waals surface area contributed by atoms with E-state index in [1.54, 1.807) is 36.4 Å². The number of aliphatic carboxylic acids is 1. The van der Waals surface area contributed by atoms with E-state index in [1.165, 1.54) is 11.8 Å². The van der Waals surface area contributed by atoms with E-state index in [4.69, 9.17) is 14.6 Å². The summed E-state index contributed by atoms with van der Waals surface area (Å²) in [7, 11) is 0. The third-order valence-electron chi connectivity index (χ3n) is 4.90. The van der Waals surface area contributed by atoms with Crippen molar-refractivity contribution in [3.05, 3.63) is 71.8 Å². The van der Waals surface area contributed by atoms with E-state index in [-0.39, 0.29) is 32.5 Å². The van der Waals surface area contributed by atoms with Gasteiger partial charge >= 0.3 is 18.0 Å². The maximum atomic E-state index is 12.9. The van der Waals surface area contributed by atoms with Crippen molar-refractivity contribution in [2.24, 2.45) is 0 Å². The van der Waals surface area contributed by atoms with Crippen LogP contribution in [0.2, 0.25) is 0 Å². The first kappa shape index (κ1) is 27.7. The molecule has 2 atom stereocenters. The zero-order valence-corrected chi connectivity index (χ0v) is 20.3. The topological polar surface area (TPSA) is 131 Å². The Morgan fingerprint density at radius 2 is 1.40 bits per heavy atom. The molecule has 2 aromatic carbocycles. The molecule has 2 amide bonds. The SMILES string of the molecule is CSCCC(NC(=O)OCc1ccccc1)C(=O)N[C@@H](CCC(=O)O)C(=O)OCc1ccccc1. The first-order valence-corrected chi connectivity index (χ1v) is 12.5. The van der Waals surface area contributed by atoms with Gasteiger partial charge in [-0.15, -0.1) is 0 Å². The number of hydrogen-bond donors (Lipinski definition) is 3. The van der Waals surface area contributed by atoms with Gasteiger partial charge in [0.15, 0.2) is 0 Å². The Morgan fingerprint density at radius 1 is 0.829 bits per heavy atom. The van der Waals surface area contributed by atoms with Crippen LogP contribution < -0.4 is 10.6 Å². The van der Waals surface area contributed by atoms with E-state index in [0.717, 1.165) is 11.1 Å². The molecule has 0 aliphatic carbocycles. The van der Waals surface area contributed by atoms with Gasteiger partial charge in [-0.05, 0) is 36.0 Å². The Labute approximate surface area is 208 Å². The second-order valence-electron chi connectivity index (χ2n) is 7.63. The van der Waals surface area contributed by atoms with Crippen molar-refractivity contribution in [1.29, 1.82) is 0 Å². The summed E-state index contributed by atoms with van der Waals surface area (Å²) < 4.78 is 10.5. The Bertz CT molecular complexity index is 957. The molecule has 35 heavy (non-hydrogen) atoms. The lowest BCUT2D eigenvalue weighted by molar-refractivity contribution is -0.150. The predicted molar refractivity (Wildman–Crippen MR) is 132 cm³/mol. The molecule has 0 aromatic heterocycles. The number of carbonyl (C=O) groups excluding carboxylic acids is 3. The van der Waals surface area contributed by atoms with E-state index >= 15 is 0 Å². The summed E-state index contributed by atoms with van der Waals surface area (Å²) >= 11 is 1.49. The zero-order chi connectivity index (χ0) is 25.5. The van der Waals surface area contributed by atoms with Gasteiger partial charge in [0.25, 0.3) is 0 Å². The Kier molecular flexibility index (Phi) is 12.2. The summed E-state index contributed by atoms with van der Waals surface area (Å²) in [6, 6.07) is 15.9. The van der Waals surface area contributed by atoms with E-state index in [1.807, 2.05) is 30.5 Å². The number of benzene rings is 2. The zero-order valence-electron chi connectivity index (χ0n) is 19.5. The molecule has 1 unspecified atom stereocenters. The minimum Gasteiger partial charge on any atom is -0.481 e. The van der Waals surface area contributed by atoms with E-state index in [2.05, 4.69) is 10.6 Å². The normalized spacial score (nSPS) is 12.1. The van der Waals surface area contributed by atoms with Crippen LogP contribution in [0, 0.1) is 0 Å². The van der Waals surface area contributed by atoms with Gasteiger partial charge in [0, 0.05) is 6.42 Å². The summed E-state index contributed by atoms with van der Waals surface area (Å²) in [6.07, 6.45) is 0.886. The van der Waals surface area contributed by atoms with Crippen LogP contribution in [-0.4, -0.2) is 53.1 Å². The van der Waals surface area contributed by atoms with Gasteiger partial charge in [-0.1, -0.05) is 60.7 Å². The van der Waals surface area contributed by atoms with Crippen molar-refractivity contribution in [3.63, 3.8) is 0 Å². The lowest BCUT2D eigenvalue weighted by Gasteiger charge is -2.22. The molecule has 3 N–H and O–H groups in total. The van der Waals surface area contributed by atoms with Gasteiger partial charge in [0.1, 0.15) is 25.3 Å². The number of carboxylic acid groups (broad SMARTS) is 1. The fourth-order valence-corrected chi connectivity index (χ4v) is 3.50. The highest BCUT2D eigenvalue weighted by Gasteiger charge is 2.28. The number of amides is 2. The number of carboxylic acids is 1. The second-order valence-corrected chi connectivity index (χ2v) is 8.61. The highest BCUT2D eigenvalue weighted by molar-refractivity contribution is 7.98. The average molecular weight is 503 g/mol. The van der Waals surface area contributed by atoms with E-state index in [0.29, 0.717) is 5.75 Å². The Morgan fingerprint density at radius 3 is 1.94 bits per heavy atom. The maximum Gasteiger partial charge on any atom is 0.408 e. The third kappa shape index (κ3) is 11.0. The van der Waals surface area contributed by atoms with Crippen LogP contribution in [0.1, 0.15) is 30.4 Å². The van der Waals surface area contributed by atoms with Gasteiger partial charge in [0.05, 0.1) is 0 Å². The predicted octanol–water partition coefficient (Wildman–Crippen LogP) is 3.13. The summed E-state index contributed by atoms with van der Waals surface area (Å²) in [5.41, 5.74) is 1.55. The number of esters is 1. The standard InChI is InChI=1S/C25H30N2O7S/c1-35-15-14-20(27-25(32)34-17-19-10-6-3-7-11-19)23(30)26-21(12-13-22(28)29)24(31)33-16-18-8-4-2-5-9-18/h2-11,20-21H,12-17H2,1H3,(H,26,30)(H,27,32)(H,28,29)/t20?,21-/m0/s1. The molecule has 0 heterocycles. The maximum absolute atomic E-state index is 12.9. The molecule has 0 saturated heterocycles. The number of rotatable bonds is 14. The van der Waals surface area contributed by atoms with E-state index < -0.39 is 36.0 Å². The largest absolute Gasteiger partial charge is 0.481 e. The fraction of sp³-hybridized carbons (Fsp3) is 0.360. The molecule has 0 radical (unpaired) electrons. The van der Waals surface area contributed by atoms with Crippen LogP contribution in [0.4, 0.5) is 4.79 Å². The lowest BCUT2D eigenvalue weighted by Crippen LogP contribution is -2.52. The number of ether oxygens (including phenoxy) is 2. The van der Waals surface area contributed by atoms with Crippen molar-refractivity contribution in [1.82, 2.24) is 10.6 Å². The number of carbonyl (C=O) groups is 4. The van der Waals surface area contributed by atoms with Crippen molar-refractivity contribution < 1.29 is 33.8 Å². The first-order valence-electron chi connectivity index (χ1n) is 11.1. The van der Waals surface area contributed by atoms with Crippen molar-refractivity contribution in [2.75, 3.05) is 12.0 Å². The van der Waals surface area contributed by atoms with E-state index in [9.17, 15) is 19.2 Å². The number of nitrogens with one attached hydrogen (secondary N) is 2. The molecule has 9 nitrogen and oxygen atoms in total. The summed E-state index contributed by atoms with van der Waals surface area (Å²) in [5, 5.41) is 14.1. The molecule has 0 fully saturated rings. The molecule has 0 saturated carbocycles. The molecule has 0 spiro atoms. The molecule has 0 aliphatic rings. The molecule has 0 aliphatic heterocycles. The minimum absolute atomic E-state index is 0.0148. The van der Waals surface area contributed by atoms with Crippen LogP contribution in [0.3, 0.4) is 0 Å². The molecule has 188 valence electrons.